The molecule has 1 saturated heterocycles. The molecule has 1 aromatic carbocycles. The fraction of sp³-hybridized carbons (Fsp3) is 0.500. The van der Waals surface area contributed by atoms with Gasteiger partial charge in [-0.05, 0) is 36.6 Å². The van der Waals surface area contributed by atoms with Crippen molar-refractivity contribution in [3.63, 3.8) is 0 Å². The molecule has 0 spiro atoms. The van der Waals surface area contributed by atoms with Crippen molar-refractivity contribution >= 4 is 0 Å². The van der Waals surface area contributed by atoms with E-state index in [2.05, 4.69) is 17.9 Å². The number of nitrogens with two attached hydrogens (primary N) is 1. The zero-order valence-electron chi connectivity index (χ0n) is 10.3. The maximum Gasteiger partial charge on any atom is 0.0991 e. The quantitative estimate of drug-likeness (QED) is 0.840. The first kappa shape index (κ1) is 12.1. The van der Waals surface area contributed by atoms with Gasteiger partial charge in [0.15, 0.2) is 0 Å². The minimum absolute atomic E-state index is 0.294. The molecule has 0 amide bonds. The van der Waals surface area contributed by atoms with Crippen LogP contribution < -0.4 is 5.73 Å². The highest BCUT2D eigenvalue weighted by Crippen LogP contribution is 2.17. The van der Waals surface area contributed by atoms with Gasteiger partial charge in [-0.3, -0.25) is 4.90 Å². The maximum atomic E-state index is 8.74. The van der Waals surface area contributed by atoms with E-state index in [0.29, 0.717) is 12.0 Å². The number of hydrogen-bond acceptors (Lipinski definition) is 3. The predicted octanol–water partition coefficient (Wildman–Crippen LogP) is 1.73. The van der Waals surface area contributed by atoms with Gasteiger partial charge < -0.3 is 5.73 Å². The zero-order chi connectivity index (χ0) is 12.3. The van der Waals surface area contributed by atoms with E-state index in [9.17, 15) is 0 Å². The average molecular weight is 229 g/mol. The van der Waals surface area contributed by atoms with Crippen molar-refractivity contribution in [3.8, 4) is 6.07 Å². The van der Waals surface area contributed by atoms with E-state index >= 15 is 0 Å². The van der Waals surface area contributed by atoms with Crippen LogP contribution in [0.3, 0.4) is 0 Å². The van der Waals surface area contributed by atoms with Crippen LogP contribution in [-0.2, 0) is 6.54 Å². The van der Waals surface area contributed by atoms with E-state index < -0.39 is 0 Å². The van der Waals surface area contributed by atoms with Crippen molar-refractivity contribution in [2.75, 3.05) is 13.1 Å². The summed E-state index contributed by atoms with van der Waals surface area (Å²) in [5.74, 6) is 0.632. The van der Waals surface area contributed by atoms with Gasteiger partial charge in [0.05, 0.1) is 11.6 Å². The fourth-order valence-corrected chi connectivity index (χ4v) is 2.26. The van der Waals surface area contributed by atoms with Crippen LogP contribution >= 0.6 is 0 Å². The highest BCUT2D eigenvalue weighted by atomic mass is 15.1. The molecule has 1 aliphatic heterocycles. The summed E-state index contributed by atoms with van der Waals surface area (Å²) in [5.41, 5.74) is 8.06. The first-order chi connectivity index (χ1) is 8.19. The highest BCUT2D eigenvalue weighted by Gasteiger charge is 2.22. The summed E-state index contributed by atoms with van der Waals surface area (Å²) in [7, 11) is 0. The molecule has 0 aromatic heterocycles. The van der Waals surface area contributed by atoms with Gasteiger partial charge in [0, 0.05) is 19.1 Å². The third-order valence-electron chi connectivity index (χ3n) is 3.59. The maximum absolute atomic E-state index is 8.74. The van der Waals surface area contributed by atoms with E-state index in [1.165, 1.54) is 12.0 Å². The largest absolute Gasteiger partial charge is 0.326 e. The summed E-state index contributed by atoms with van der Waals surface area (Å²) in [6.45, 7) is 5.26. The monoisotopic (exact) mass is 229 g/mol. The lowest BCUT2D eigenvalue weighted by molar-refractivity contribution is 0.162. The first-order valence-corrected chi connectivity index (χ1v) is 6.16. The van der Waals surface area contributed by atoms with Gasteiger partial charge in [0.2, 0.25) is 0 Å². The van der Waals surface area contributed by atoms with Gasteiger partial charge in [-0.1, -0.05) is 19.1 Å². The summed E-state index contributed by atoms with van der Waals surface area (Å²) in [4.78, 5) is 2.39. The van der Waals surface area contributed by atoms with Crippen LogP contribution in [0.2, 0.25) is 0 Å². The molecule has 2 N–H and O–H groups in total. The molecule has 1 aromatic rings. The Labute approximate surface area is 103 Å². The van der Waals surface area contributed by atoms with Crippen molar-refractivity contribution < 1.29 is 0 Å². The minimum Gasteiger partial charge on any atom is -0.326 e. The van der Waals surface area contributed by atoms with Crippen LogP contribution in [0.1, 0.15) is 24.5 Å². The molecular formula is C14H19N3. The Morgan fingerprint density at radius 1 is 1.41 bits per heavy atom. The number of likely N-dealkylation sites (tertiary alicyclic amines) is 1. The predicted molar refractivity (Wildman–Crippen MR) is 68.2 cm³/mol. The second kappa shape index (κ2) is 5.31. The third kappa shape index (κ3) is 3.06. The Bertz CT molecular complexity index is 404. The summed E-state index contributed by atoms with van der Waals surface area (Å²) >= 11 is 0. The zero-order valence-corrected chi connectivity index (χ0v) is 10.3. The lowest BCUT2D eigenvalue weighted by Gasteiger charge is -2.35. The van der Waals surface area contributed by atoms with Crippen LogP contribution in [0.15, 0.2) is 24.3 Å². The number of nitrogens with zero attached hydrogens (tertiary/aromatic N) is 2. The normalized spacial score (nSPS) is 25.5. The van der Waals surface area contributed by atoms with Gasteiger partial charge >= 0.3 is 0 Å². The second-order valence-corrected chi connectivity index (χ2v) is 4.97. The number of nitriles is 1. The average Bonchev–Trinajstić information content (AvgIpc) is 2.35. The molecule has 0 aliphatic carbocycles. The molecule has 90 valence electrons. The molecule has 1 fully saturated rings. The third-order valence-corrected chi connectivity index (χ3v) is 3.59. The molecule has 2 unspecified atom stereocenters. The Morgan fingerprint density at radius 3 is 2.71 bits per heavy atom. The molecule has 1 aliphatic rings. The molecule has 2 atom stereocenters. The molecule has 0 saturated carbocycles. The van der Waals surface area contributed by atoms with E-state index in [0.717, 1.165) is 25.2 Å². The van der Waals surface area contributed by atoms with Crippen LogP contribution in [0.4, 0.5) is 0 Å². The lowest BCUT2D eigenvalue weighted by Crippen LogP contribution is -2.47. The minimum atomic E-state index is 0.294. The molecule has 3 heteroatoms. The highest BCUT2D eigenvalue weighted by molar-refractivity contribution is 5.31. The van der Waals surface area contributed by atoms with Crippen molar-refractivity contribution in [1.29, 1.82) is 5.26 Å². The van der Waals surface area contributed by atoms with Crippen molar-refractivity contribution in [3.05, 3.63) is 35.4 Å². The topological polar surface area (TPSA) is 53.0 Å². The first-order valence-electron chi connectivity index (χ1n) is 6.16. The molecule has 3 nitrogen and oxygen atoms in total. The smallest absolute Gasteiger partial charge is 0.0991 e. The molecule has 0 radical (unpaired) electrons. The van der Waals surface area contributed by atoms with Crippen LogP contribution in [0, 0.1) is 17.2 Å². The van der Waals surface area contributed by atoms with Gasteiger partial charge in [-0.25, -0.2) is 0 Å². The lowest BCUT2D eigenvalue weighted by atomic mass is 9.94. The van der Waals surface area contributed by atoms with Crippen LogP contribution in [0.5, 0.6) is 0 Å². The molecule has 2 rings (SSSR count). The van der Waals surface area contributed by atoms with Crippen LogP contribution in [-0.4, -0.2) is 24.0 Å². The Morgan fingerprint density at radius 2 is 2.12 bits per heavy atom. The standard InChI is InChI=1S/C14H19N3/c1-11-6-7-17(10-14(11)16)9-13-4-2-12(8-15)3-5-13/h2-5,11,14H,6-7,9-10,16H2,1H3. The number of rotatable bonds is 2. The summed E-state index contributed by atoms with van der Waals surface area (Å²) in [6, 6.07) is 10.2. The molecule has 17 heavy (non-hydrogen) atoms. The van der Waals surface area contributed by atoms with E-state index in [1.807, 2.05) is 24.3 Å². The molecule has 1 heterocycles. The Hall–Kier alpha value is -1.37. The molecule has 0 bridgehead atoms. The Balaban J connectivity index is 1.94. The van der Waals surface area contributed by atoms with E-state index in [4.69, 9.17) is 11.0 Å². The van der Waals surface area contributed by atoms with Crippen LogP contribution in [0.25, 0.3) is 0 Å². The van der Waals surface area contributed by atoms with E-state index in [-0.39, 0.29) is 0 Å². The van der Waals surface area contributed by atoms with Gasteiger partial charge in [-0.2, -0.15) is 5.26 Å². The van der Waals surface area contributed by atoms with Gasteiger partial charge in [-0.15, -0.1) is 0 Å². The van der Waals surface area contributed by atoms with Gasteiger partial charge in [0.1, 0.15) is 0 Å². The SMILES string of the molecule is CC1CCN(Cc2ccc(C#N)cc2)CC1N. The van der Waals surface area contributed by atoms with E-state index in [1.54, 1.807) is 0 Å². The summed E-state index contributed by atoms with van der Waals surface area (Å²) in [6.07, 6.45) is 1.18. The summed E-state index contributed by atoms with van der Waals surface area (Å²) in [5, 5.41) is 8.74. The number of hydrogen-bond donors (Lipinski definition) is 1. The Kier molecular flexibility index (Phi) is 3.78. The second-order valence-electron chi connectivity index (χ2n) is 4.97. The van der Waals surface area contributed by atoms with Gasteiger partial charge in [0.25, 0.3) is 0 Å². The summed E-state index contributed by atoms with van der Waals surface area (Å²) < 4.78 is 0. The fourth-order valence-electron chi connectivity index (χ4n) is 2.26. The van der Waals surface area contributed by atoms with Crippen molar-refractivity contribution in [2.45, 2.75) is 25.9 Å². The van der Waals surface area contributed by atoms with Crippen molar-refractivity contribution in [2.24, 2.45) is 11.7 Å². The van der Waals surface area contributed by atoms with Crippen molar-refractivity contribution in [1.82, 2.24) is 4.90 Å². The number of benzene rings is 1. The number of piperidine rings is 1. The molecular weight excluding hydrogens is 210 g/mol.